The smallest absolute Gasteiger partial charge is 0.226 e. The van der Waals surface area contributed by atoms with Gasteiger partial charge in [0.15, 0.2) is 9.84 Å². The number of rotatable bonds is 3. The molecule has 0 aromatic heterocycles. The van der Waals surface area contributed by atoms with Gasteiger partial charge >= 0.3 is 0 Å². The number of piperazine rings is 1. The molecule has 0 unspecified atom stereocenters. The third kappa shape index (κ3) is 3.29. The van der Waals surface area contributed by atoms with Crippen LogP contribution in [0.4, 0.5) is 0 Å². The van der Waals surface area contributed by atoms with Crippen molar-refractivity contribution in [1.29, 1.82) is 0 Å². The topological polar surface area (TPSA) is 57.7 Å². The van der Waals surface area contributed by atoms with E-state index in [1.807, 2.05) is 4.90 Å². The molecule has 2 atom stereocenters. The maximum atomic E-state index is 12.8. The molecule has 142 valence electrons. The van der Waals surface area contributed by atoms with Crippen LogP contribution in [0.3, 0.4) is 0 Å². The molecule has 0 spiro atoms. The van der Waals surface area contributed by atoms with Gasteiger partial charge in [-0.2, -0.15) is 0 Å². The zero-order valence-electron chi connectivity index (χ0n) is 15.6. The van der Waals surface area contributed by atoms with Crippen LogP contribution >= 0.6 is 0 Å². The maximum absolute atomic E-state index is 12.8. The van der Waals surface area contributed by atoms with E-state index >= 15 is 0 Å². The summed E-state index contributed by atoms with van der Waals surface area (Å²) in [4.78, 5) is 17.0. The second kappa shape index (κ2) is 6.64. The number of nitrogens with zero attached hydrogens (tertiary/aromatic N) is 2. The summed E-state index contributed by atoms with van der Waals surface area (Å²) >= 11 is 0. The fraction of sp³-hybridized carbons (Fsp3) is 0.650. The van der Waals surface area contributed by atoms with Gasteiger partial charge in [-0.15, -0.1) is 0 Å². The predicted octanol–water partition coefficient (Wildman–Crippen LogP) is 1.91. The Kier molecular flexibility index (Phi) is 4.59. The number of benzene rings is 1. The van der Waals surface area contributed by atoms with Crippen LogP contribution in [0.25, 0.3) is 0 Å². The summed E-state index contributed by atoms with van der Waals surface area (Å²) in [6.45, 7) is 6.36. The maximum Gasteiger partial charge on any atom is 0.226 e. The van der Waals surface area contributed by atoms with Gasteiger partial charge in [0.05, 0.1) is 17.5 Å². The van der Waals surface area contributed by atoms with Gasteiger partial charge in [-0.25, -0.2) is 8.42 Å². The lowest BCUT2D eigenvalue weighted by Gasteiger charge is -2.46. The first-order chi connectivity index (χ1) is 12.3. The van der Waals surface area contributed by atoms with Gasteiger partial charge in [0.1, 0.15) is 0 Å². The minimum atomic E-state index is -3.09. The predicted molar refractivity (Wildman–Crippen MR) is 102 cm³/mol. The van der Waals surface area contributed by atoms with E-state index in [2.05, 4.69) is 36.9 Å². The van der Waals surface area contributed by atoms with E-state index in [1.54, 1.807) is 0 Å². The monoisotopic (exact) mass is 376 g/mol. The molecule has 3 fully saturated rings. The Hall–Kier alpha value is -1.40. The summed E-state index contributed by atoms with van der Waals surface area (Å²) in [6.07, 6.45) is 3.05. The highest BCUT2D eigenvalue weighted by Gasteiger charge is 2.49. The van der Waals surface area contributed by atoms with Crippen LogP contribution in [-0.4, -0.2) is 60.8 Å². The van der Waals surface area contributed by atoms with Crippen LogP contribution in [-0.2, 0) is 21.2 Å². The minimum Gasteiger partial charge on any atom is -0.336 e. The lowest BCUT2D eigenvalue weighted by Crippen LogP contribution is -2.61. The first-order valence-electron chi connectivity index (χ1n) is 9.65. The summed E-state index contributed by atoms with van der Waals surface area (Å²) in [5.74, 6) is 0.621. The SMILES string of the molecule is Cc1ccc(CN2CCN(C(=O)C3CCC3)[C@@H]3CS(=O)(=O)C[C@@H]32)cc1C. The average Bonchev–Trinajstić information content (AvgIpc) is 2.85. The standard InChI is InChI=1S/C20H28N2O3S/c1-14-6-7-16(10-15(14)2)11-21-8-9-22(20(23)17-4-3-5-17)19-13-26(24,25)12-18(19)21/h6-7,10,17-19H,3-5,8-9,11-13H2,1-2H3/t18-,19+/m0/s1. The van der Waals surface area contributed by atoms with E-state index < -0.39 is 9.84 Å². The van der Waals surface area contributed by atoms with Crippen molar-refractivity contribution in [3.8, 4) is 0 Å². The molecule has 5 nitrogen and oxygen atoms in total. The first kappa shape index (κ1) is 18.0. The molecule has 1 saturated carbocycles. The van der Waals surface area contributed by atoms with Gasteiger partial charge in [-0.1, -0.05) is 24.6 Å². The summed E-state index contributed by atoms with van der Waals surface area (Å²) < 4.78 is 24.7. The number of hydrogen-bond acceptors (Lipinski definition) is 4. The Bertz CT molecular complexity index is 816. The van der Waals surface area contributed by atoms with Gasteiger partial charge in [0, 0.05) is 31.6 Å². The number of aryl methyl sites for hydroxylation is 2. The summed E-state index contributed by atoms with van der Waals surface area (Å²) in [7, 11) is -3.09. The van der Waals surface area contributed by atoms with Crippen LogP contribution in [0.1, 0.15) is 36.0 Å². The Labute approximate surface area is 156 Å². The molecule has 1 amide bonds. The summed E-state index contributed by atoms with van der Waals surface area (Å²) in [5, 5.41) is 0. The molecule has 0 bridgehead atoms. The molecule has 0 radical (unpaired) electrons. The van der Waals surface area contributed by atoms with Crippen molar-refractivity contribution >= 4 is 15.7 Å². The van der Waals surface area contributed by atoms with Crippen molar-refractivity contribution in [3.63, 3.8) is 0 Å². The zero-order valence-corrected chi connectivity index (χ0v) is 16.5. The second-order valence-electron chi connectivity index (χ2n) is 8.26. The van der Waals surface area contributed by atoms with Crippen LogP contribution in [0, 0.1) is 19.8 Å². The third-order valence-corrected chi connectivity index (χ3v) is 8.18. The van der Waals surface area contributed by atoms with Crippen LogP contribution in [0.5, 0.6) is 0 Å². The van der Waals surface area contributed by atoms with E-state index in [1.165, 1.54) is 16.7 Å². The number of fused-ring (bicyclic) bond motifs is 1. The lowest BCUT2D eigenvalue weighted by molar-refractivity contribution is -0.144. The Morgan fingerprint density at radius 3 is 2.46 bits per heavy atom. The zero-order chi connectivity index (χ0) is 18.5. The average molecular weight is 377 g/mol. The Morgan fingerprint density at radius 1 is 1.08 bits per heavy atom. The van der Waals surface area contributed by atoms with E-state index in [-0.39, 0.29) is 35.4 Å². The quantitative estimate of drug-likeness (QED) is 0.809. The molecule has 6 heteroatoms. The third-order valence-electron chi connectivity index (χ3n) is 6.49. The number of sulfone groups is 1. The highest BCUT2D eigenvalue weighted by Crippen LogP contribution is 2.34. The lowest BCUT2D eigenvalue weighted by atomic mass is 9.83. The van der Waals surface area contributed by atoms with Crippen molar-refractivity contribution in [1.82, 2.24) is 9.80 Å². The van der Waals surface area contributed by atoms with Crippen molar-refractivity contribution in [3.05, 3.63) is 34.9 Å². The highest BCUT2D eigenvalue weighted by molar-refractivity contribution is 7.91. The van der Waals surface area contributed by atoms with E-state index in [0.717, 1.165) is 32.4 Å². The molecule has 1 aromatic carbocycles. The first-order valence-corrected chi connectivity index (χ1v) is 11.5. The van der Waals surface area contributed by atoms with E-state index in [4.69, 9.17) is 0 Å². The molecule has 0 N–H and O–H groups in total. The fourth-order valence-electron chi connectivity index (χ4n) is 4.52. The molecule has 3 aliphatic rings. The van der Waals surface area contributed by atoms with Gasteiger partial charge in [0.2, 0.25) is 5.91 Å². The molecule has 2 heterocycles. The molecule has 4 rings (SSSR count). The van der Waals surface area contributed by atoms with Gasteiger partial charge in [0.25, 0.3) is 0 Å². The van der Waals surface area contributed by atoms with Gasteiger partial charge in [-0.05, 0) is 43.4 Å². The molecule has 1 aliphatic carbocycles. The largest absolute Gasteiger partial charge is 0.336 e. The molecular formula is C20H28N2O3S. The summed E-state index contributed by atoms with van der Waals surface area (Å²) in [6, 6.07) is 6.21. The number of carbonyl (C=O) groups excluding carboxylic acids is 1. The van der Waals surface area contributed by atoms with Crippen molar-refractivity contribution < 1.29 is 13.2 Å². The molecular weight excluding hydrogens is 348 g/mol. The number of carbonyl (C=O) groups is 1. The minimum absolute atomic E-state index is 0.0700. The van der Waals surface area contributed by atoms with Crippen LogP contribution in [0.2, 0.25) is 0 Å². The van der Waals surface area contributed by atoms with Crippen LogP contribution < -0.4 is 0 Å². The Morgan fingerprint density at radius 2 is 1.81 bits per heavy atom. The van der Waals surface area contributed by atoms with E-state index in [0.29, 0.717) is 6.54 Å². The summed E-state index contributed by atoms with van der Waals surface area (Å²) in [5.41, 5.74) is 3.75. The fourth-order valence-corrected chi connectivity index (χ4v) is 6.53. The van der Waals surface area contributed by atoms with Crippen molar-refractivity contribution in [2.24, 2.45) is 5.92 Å². The van der Waals surface area contributed by atoms with Crippen molar-refractivity contribution in [2.75, 3.05) is 24.6 Å². The van der Waals surface area contributed by atoms with Crippen LogP contribution in [0.15, 0.2) is 18.2 Å². The highest BCUT2D eigenvalue weighted by atomic mass is 32.2. The number of hydrogen-bond donors (Lipinski definition) is 0. The molecule has 2 saturated heterocycles. The van der Waals surface area contributed by atoms with E-state index in [9.17, 15) is 13.2 Å². The van der Waals surface area contributed by atoms with Crippen molar-refractivity contribution in [2.45, 2.75) is 51.7 Å². The van der Waals surface area contributed by atoms with Gasteiger partial charge in [-0.3, -0.25) is 9.69 Å². The molecule has 26 heavy (non-hydrogen) atoms. The second-order valence-corrected chi connectivity index (χ2v) is 10.4. The molecule has 1 aromatic rings. The number of amides is 1. The molecule has 2 aliphatic heterocycles. The normalized spacial score (nSPS) is 28.6. The van der Waals surface area contributed by atoms with Gasteiger partial charge < -0.3 is 4.90 Å². The Balaban J connectivity index is 1.54.